The van der Waals surface area contributed by atoms with Crippen LogP contribution in [0.5, 0.6) is 0 Å². The number of carbonyl (C=O) groups excluding carboxylic acids is 1. The fraction of sp³-hybridized carbons (Fsp3) is 0.300. The highest BCUT2D eigenvalue weighted by Crippen LogP contribution is 2.14. The first-order valence-corrected chi connectivity index (χ1v) is 4.73. The fourth-order valence-electron chi connectivity index (χ4n) is 0.707. The molecule has 0 aromatic rings. The molecule has 0 aromatic carbocycles. The second-order valence-corrected chi connectivity index (χ2v) is 3.47. The number of likely N-dealkylation sites (N-methyl/N-ethyl adjacent to an activating group) is 1. The van der Waals surface area contributed by atoms with Crippen molar-refractivity contribution in [1.82, 2.24) is 5.32 Å². The van der Waals surface area contributed by atoms with Crippen molar-refractivity contribution in [3.8, 4) is 0 Å². The van der Waals surface area contributed by atoms with Crippen LogP contribution in [-0.4, -0.2) is 13.0 Å². The highest BCUT2D eigenvalue weighted by molar-refractivity contribution is 9.11. The van der Waals surface area contributed by atoms with Crippen LogP contribution in [0.1, 0.15) is 13.8 Å². The topological polar surface area (TPSA) is 29.1 Å². The van der Waals surface area contributed by atoms with Gasteiger partial charge in [0.25, 0.3) is 5.91 Å². The molecule has 0 aliphatic rings. The molecule has 0 heterocycles. The summed E-state index contributed by atoms with van der Waals surface area (Å²) in [5.41, 5.74) is 1.34. The Labute approximate surface area is 87.5 Å². The molecule has 0 bridgehead atoms. The molecule has 13 heavy (non-hydrogen) atoms. The van der Waals surface area contributed by atoms with Gasteiger partial charge in [0, 0.05) is 17.1 Å². The molecule has 0 radical (unpaired) electrons. The average molecular weight is 244 g/mol. The van der Waals surface area contributed by atoms with Gasteiger partial charge in [0.05, 0.1) is 0 Å². The van der Waals surface area contributed by atoms with Gasteiger partial charge < -0.3 is 5.32 Å². The number of rotatable bonds is 3. The molecule has 0 saturated heterocycles. The van der Waals surface area contributed by atoms with Crippen LogP contribution in [0, 0.1) is 0 Å². The molecule has 0 atom stereocenters. The molecular formula is C10H14BrNO. The van der Waals surface area contributed by atoms with Gasteiger partial charge in [-0.3, -0.25) is 4.79 Å². The van der Waals surface area contributed by atoms with Gasteiger partial charge in [-0.1, -0.05) is 28.6 Å². The van der Waals surface area contributed by atoms with E-state index in [1.54, 1.807) is 7.05 Å². The summed E-state index contributed by atoms with van der Waals surface area (Å²) in [7, 11) is 1.59. The van der Waals surface area contributed by atoms with E-state index < -0.39 is 0 Å². The Morgan fingerprint density at radius 2 is 2.08 bits per heavy atom. The molecule has 0 fully saturated rings. The molecular weight excluding hydrogens is 230 g/mol. The predicted molar refractivity (Wildman–Crippen MR) is 59.6 cm³/mol. The predicted octanol–water partition coefficient (Wildman–Crippen LogP) is 2.53. The van der Waals surface area contributed by atoms with Crippen LogP contribution in [0.2, 0.25) is 0 Å². The molecule has 0 spiro atoms. The van der Waals surface area contributed by atoms with Gasteiger partial charge in [0.2, 0.25) is 0 Å². The first-order chi connectivity index (χ1) is 6.02. The SMILES string of the molecule is C=C(C(=O)NC)/C(C)=C\C(Br)=C/C. The van der Waals surface area contributed by atoms with Crippen molar-refractivity contribution in [3.05, 3.63) is 34.4 Å². The van der Waals surface area contributed by atoms with E-state index in [0.717, 1.165) is 10.1 Å². The first kappa shape index (κ1) is 12.2. The maximum Gasteiger partial charge on any atom is 0.250 e. The number of amides is 1. The quantitative estimate of drug-likeness (QED) is 0.599. The van der Waals surface area contributed by atoms with Gasteiger partial charge in [0.1, 0.15) is 0 Å². The maximum absolute atomic E-state index is 11.1. The third-order valence-corrected chi connectivity index (χ3v) is 2.29. The van der Waals surface area contributed by atoms with Gasteiger partial charge in [-0.05, 0) is 25.5 Å². The summed E-state index contributed by atoms with van der Waals surface area (Å²) in [4.78, 5) is 11.1. The summed E-state index contributed by atoms with van der Waals surface area (Å²) in [6, 6.07) is 0. The zero-order chi connectivity index (χ0) is 10.4. The van der Waals surface area contributed by atoms with Crippen LogP contribution in [0.25, 0.3) is 0 Å². The number of hydrogen-bond acceptors (Lipinski definition) is 1. The van der Waals surface area contributed by atoms with Crippen molar-refractivity contribution in [2.24, 2.45) is 0 Å². The van der Waals surface area contributed by atoms with Gasteiger partial charge >= 0.3 is 0 Å². The second-order valence-electron chi connectivity index (χ2n) is 2.56. The van der Waals surface area contributed by atoms with Crippen molar-refractivity contribution < 1.29 is 4.79 Å². The standard InChI is InChI=1S/C10H14BrNO/c1-5-9(11)6-7(2)8(3)10(13)12-4/h5-6H,3H2,1-2,4H3,(H,12,13)/b7-6-,9-5+. The minimum Gasteiger partial charge on any atom is -0.355 e. The van der Waals surface area contributed by atoms with Crippen molar-refractivity contribution in [1.29, 1.82) is 0 Å². The zero-order valence-electron chi connectivity index (χ0n) is 8.15. The minimum atomic E-state index is -0.148. The van der Waals surface area contributed by atoms with E-state index in [9.17, 15) is 4.79 Å². The summed E-state index contributed by atoms with van der Waals surface area (Å²) in [5.74, 6) is -0.148. The van der Waals surface area contributed by atoms with Crippen LogP contribution >= 0.6 is 15.9 Å². The summed E-state index contributed by atoms with van der Waals surface area (Å²) >= 11 is 3.33. The normalized spacial score (nSPS) is 12.6. The van der Waals surface area contributed by atoms with Crippen LogP contribution in [-0.2, 0) is 4.79 Å². The van der Waals surface area contributed by atoms with Crippen molar-refractivity contribution >= 4 is 21.8 Å². The zero-order valence-corrected chi connectivity index (χ0v) is 9.73. The highest BCUT2D eigenvalue weighted by Gasteiger charge is 2.05. The van der Waals surface area contributed by atoms with Gasteiger partial charge in [0.15, 0.2) is 0 Å². The van der Waals surface area contributed by atoms with Gasteiger partial charge in [-0.2, -0.15) is 0 Å². The number of halogens is 1. The lowest BCUT2D eigenvalue weighted by Gasteiger charge is -2.03. The largest absolute Gasteiger partial charge is 0.355 e. The van der Waals surface area contributed by atoms with Gasteiger partial charge in [-0.25, -0.2) is 0 Å². The van der Waals surface area contributed by atoms with E-state index >= 15 is 0 Å². The minimum absolute atomic E-state index is 0.148. The molecule has 72 valence electrons. The smallest absolute Gasteiger partial charge is 0.250 e. The van der Waals surface area contributed by atoms with E-state index in [2.05, 4.69) is 27.8 Å². The molecule has 0 aromatic heterocycles. The lowest BCUT2D eigenvalue weighted by atomic mass is 10.1. The third kappa shape index (κ3) is 4.08. The molecule has 0 rings (SSSR count). The fourth-order valence-corrected chi connectivity index (χ4v) is 1.05. The van der Waals surface area contributed by atoms with E-state index in [-0.39, 0.29) is 5.91 Å². The monoisotopic (exact) mass is 243 g/mol. The Morgan fingerprint density at radius 1 is 1.54 bits per heavy atom. The maximum atomic E-state index is 11.1. The van der Waals surface area contributed by atoms with Crippen LogP contribution in [0.15, 0.2) is 34.4 Å². The number of hydrogen-bond donors (Lipinski definition) is 1. The number of allylic oxidation sites excluding steroid dienone is 3. The Hall–Kier alpha value is -0.830. The summed E-state index contributed by atoms with van der Waals surface area (Å²) in [6.45, 7) is 7.45. The van der Waals surface area contributed by atoms with Crippen LogP contribution < -0.4 is 5.32 Å². The number of nitrogens with one attached hydrogen (secondary N) is 1. The van der Waals surface area contributed by atoms with E-state index in [0.29, 0.717) is 5.57 Å². The first-order valence-electron chi connectivity index (χ1n) is 3.94. The Bertz CT molecular complexity index is 277. The van der Waals surface area contributed by atoms with E-state index in [1.807, 2.05) is 26.0 Å². The third-order valence-electron chi connectivity index (χ3n) is 1.61. The highest BCUT2D eigenvalue weighted by atomic mass is 79.9. The Balaban J connectivity index is 4.61. The van der Waals surface area contributed by atoms with E-state index in [4.69, 9.17) is 0 Å². The second kappa shape index (κ2) is 5.75. The number of carbonyl (C=O) groups is 1. The molecule has 0 unspecified atom stereocenters. The molecule has 1 N–H and O–H groups in total. The molecule has 0 aliphatic carbocycles. The van der Waals surface area contributed by atoms with Crippen LogP contribution in [0.4, 0.5) is 0 Å². The molecule has 0 saturated carbocycles. The Morgan fingerprint density at radius 3 is 2.46 bits per heavy atom. The molecule has 1 amide bonds. The Kier molecular flexibility index (Phi) is 5.39. The van der Waals surface area contributed by atoms with Crippen molar-refractivity contribution in [3.63, 3.8) is 0 Å². The lowest BCUT2D eigenvalue weighted by Crippen LogP contribution is -2.19. The van der Waals surface area contributed by atoms with Gasteiger partial charge in [-0.15, -0.1) is 0 Å². The molecule has 2 nitrogen and oxygen atoms in total. The summed E-state index contributed by atoms with van der Waals surface area (Å²) < 4.78 is 0.940. The lowest BCUT2D eigenvalue weighted by molar-refractivity contribution is -0.116. The van der Waals surface area contributed by atoms with Crippen molar-refractivity contribution in [2.45, 2.75) is 13.8 Å². The van der Waals surface area contributed by atoms with E-state index in [1.165, 1.54) is 0 Å². The van der Waals surface area contributed by atoms with Crippen molar-refractivity contribution in [2.75, 3.05) is 7.05 Å². The molecule has 0 aliphatic heterocycles. The van der Waals surface area contributed by atoms with Crippen LogP contribution in [0.3, 0.4) is 0 Å². The summed E-state index contributed by atoms with van der Waals surface area (Å²) in [5, 5.41) is 2.52. The summed E-state index contributed by atoms with van der Waals surface area (Å²) in [6.07, 6.45) is 3.76. The average Bonchev–Trinajstić information content (AvgIpc) is 2.14. The molecule has 3 heteroatoms.